The van der Waals surface area contributed by atoms with Gasteiger partial charge in [0.1, 0.15) is 6.04 Å². The van der Waals surface area contributed by atoms with Crippen LogP contribution in [0.4, 0.5) is 0 Å². The minimum absolute atomic E-state index is 0.219. The Morgan fingerprint density at radius 3 is 2.18 bits per heavy atom. The maximum Gasteiger partial charge on any atom is 0.336 e. The average Bonchev–Trinajstić information content (AvgIpc) is 3.16. The molecule has 1 rings (SSSR count). The summed E-state index contributed by atoms with van der Waals surface area (Å²) in [5.41, 5.74) is 0. The van der Waals surface area contributed by atoms with Crippen molar-refractivity contribution in [2.75, 3.05) is 6.54 Å². The van der Waals surface area contributed by atoms with Crippen molar-refractivity contribution >= 4 is 17.8 Å². The molecule has 0 spiro atoms. The smallest absolute Gasteiger partial charge is 0.336 e. The van der Waals surface area contributed by atoms with Crippen LogP contribution in [0.5, 0.6) is 0 Å². The molecule has 2 amide bonds. The first-order valence-electron chi connectivity index (χ1n) is 7.68. The normalized spacial score (nSPS) is 21.5. The first-order valence-corrected chi connectivity index (χ1v) is 7.68. The zero-order valence-corrected chi connectivity index (χ0v) is 13.6. The predicted molar refractivity (Wildman–Crippen MR) is 80.1 cm³/mol. The van der Waals surface area contributed by atoms with Crippen LogP contribution in [0, 0.1) is 11.8 Å². The summed E-state index contributed by atoms with van der Waals surface area (Å²) in [5.74, 6) is -1.25. The van der Waals surface area contributed by atoms with Crippen LogP contribution in [0.25, 0.3) is 0 Å². The lowest BCUT2D eigenvalue weighted by Gasteiger charge is -2.20. The quantitative estimate of drug-likeness (QED) is 0.538. The lowest BCUT2D eigenvalue weighted by molar-refractivity contribution is -0.138. The summed E-state index contributed by atoms with van der Waals surface area (Å²) in [7, 11) is 0. The molecular weight excluding hydrogens is 288 g/mol. The number of carbonyl (C=O) groups is 3. The molecule has 3 atom stereocenters. The highest BCUT2D eigenvalue weighted by Gasteiger charge is 2.51. The maximum absolute atomic E-state index is 12.2. The third-order valence-corrected chi connectivity index (χ3v) is 3.35. The first kappa shape index (κ1) is 18.4. The van der Waals surface area contributed by atoms with Gasteiger partial charge in [-0.25, -0.2) is 4.79 Å². The van der Waals surface area contributed by atoms with Crippen LogP contribution in [0.3, 0.4) is 0 Å². The van der Waals surface area contributed by atoms with Gasteiger partial charge in [-0.15, -0.1) is 0 Å². The Morgan fingerprint density at radius 2 is 1.73 bits per heavy atom. The fraction of sp³-hybridized carbons (Fsp3) is 0.800. The minimum atomic E-state index is -1.16. The molecule has 0 aromatic carbocycles. The molecule has 0 bridgehead atoms. The molecule has 7 nitrogen and oxygen atoms in total. The van der Waals surface area contributed by atoms with E-state index in [1.54, 1.807) is 0 Å². The van der Waals surface area contributed by atoms with Crippen molar-refractivity contribution < 1.29 is 24.2 Å². The number of carbonyl (C=O) groups excluding carboxylic acids is 2. The van der Waals surface area contributed by atoms with Gasteiger partial charge in [0, 0.05) is 6.54 Å². The van der Waals surface area contributed by atoms with E-state index < -0.39 is 30.1 Å². The van der Waals surface area contributed by atoms with E-state index >= 15 is 0 Å². The molecule has 0 saturated carbocycles. The Hall–Kier alpha value is -1.63. The van der Waals surface area contributed by atoms with Crippen molar-refractivity contribution in [1.82, 2.24) is 10.6 Å². The topological polar surface area (TPSA) is 108 Å². The van der Waals surface area contributed by atoms with E-state index in [1.807, 2.05) is 13.8 Å². The molecular formula is C15H26N2O5. The summed E-state index contributed by atoms with van der Waals surface area (Å²) < 4.78 is 4.80. The second-order valence-electron chi connectivity index (χ2n) is 6.48. The van der Waals surface area contributed by atoms with Crippen molar-refractivity contribution in [3.63, 3.8) is 0 Å². The number of ether oxygens (including phenoxy) is 1. The summed E-state index contributed by atoms with van der Waals surface area (Å²) in [5, 5.41) is 14.1. The van der Waals surface area contributed by atoms with E-state index in [0.29, 0.717) is 18.9 Å². The SMILES string of the molecule is CC(C)CCNC(=O)[C@@H](CC(C)C)NC(=O)[C@@H]1O[C@H]1C(=O)O. The largest absolute Gasteiger partial charge is 0.479 e. The molecule has 0 aliphatic carbocycles. The van der Waals surface area contributed by atoms with Gasteiger partial charge in [0.25, 0.3) is 5.91 Å². The Kier molecular flexibility index (Phi) is 6.80. The zero-order valence-electron chi connectivity index (χ0n) is 13.6. The molecule has 7 heteroatoms. The standard InChI is InChI=1S/C15H26N2O5/c1-8(2)5-6-16-13(18)10(7-9(3)4)17-14(19)11-12(22-11)15(20)21/h8-12H,5-7H2,1-4H3,(H,16,18)(H,17,19)(H,20,21)/t10-,11-,12-/m1/s1. The van der Waals surface area contributed by atoms with E-state index in [9.17, 15) is 14.4 Å². The highest BCUT2D eigenvalue weighted by Crippen LogP contribution is 2.22. The van der Waals surface area contributed by atoms with E-state index in [2.05, 4.69) is 24.5 Å². The number of carboxylic acids is 1. The van der Waals surface area contributed by atoms with Crippen LogP contribution in [-0.2, 0) is 19.1 Å². The second kappa shape index (κ2) is 8.12. The molecule has 3 N–H and O–H groups in total. The predicted octanol–water partition coefficient (Wildman–Crippen LogP) is 0.532. The lowest BCUT2D eigenvalue weighted by Crippen LogP contribution is -2.49. The van der Waals surface area contributed by atoms with Gasteiger partial charge in [-0.1, -0.05) is 27.7 Å². The molecule has 1 heterocycles. The van der Waals surface area contributed by atoms with Gasteiger partial charge < -0.3 is 20.5 Å². The zero-order chi connectivity index (χ0) is 16.9. The highest BCUT2D eigenvalue weighted by molar-refractivity contribution is 5.95. The molecule has 0 aromatic heterocycles. The minimum Gasteiger partial charge on any atom is -0.479 e. The van der Waals surface area contributed by atoms with Crippen LogP contribution in [-0.4, -0.2) is 47.7 Å². The first-order chi connectivity index (χ1) is 10.2. The lowest BCUT2D eigenvalue weighted by atomic mass is 10.0. The van der Waals surface area contributed by atoms with Crippen molar-refractivity contribution in [2.45, 2.75) is 58.8 Å². The number of carboxylic acid groups (broad SMARTS) is 1. The van der Waals surface area contributed by atoms with Gasteiger partial charge in [0.05, 0.1) is 0 Å². The monoisotopic (exact) mass is 314 g/mol. The fourth-order valence-corrected chi connectivity index (χ4v) is 2.06. The van der Waals surface area contributed by atoms with Crippen LogP contribution in [0.15, 0.2) is 0 Å². The molecule has 1 aliphatic heterocycles. The van der Waals surface area contributed by atoms with Gasteiger partial charge in [-0.2, -0.15) is 0 Å². The fourth-order valence-electron chi connectivity index (χ4n) is 2.06. The van der Waals surface area contributed by atoms with Gasteiger partial charge >= 0.3 is 5.97 Å². The average molecular weight is 314 g/mol. The maximum atomic E-state index is 12.2. The van der Waals surface area contributed by atoms with E-state index in [1.165, 1.54) is 0 Å². The van der Waals surface area contributed by atoms with Gasteiger partial charge in [0.15, 0.2) is 12.2 Å². The molecule has 1 aliphatic rings. The highest BCUT2D eigenvalue weighted by atomic mass is 16.6. The van der Waals surface area contributed by atoms with E-state index in [0.717, 1.165) is 6.42 Å². The molecule has 22 heavy (non-hydrogen) atoms. The van der Waals surface area contributed by atoms with Crippen molar-refractivity contribution in [1.29, 1.82) is 0 Å². The van der Waals surface area contributed by atoms with Gasteiger partial charge in [-0.3, -0.25) is 9.59 Å². The molecule has 126 valence electrons. The second-order valence-corrected chi connectivity index (χ2v) is 6.48. The summed E-state index contributed by atoms with van der Waals surface area (Å²) in [6.07, 6.45) is -0.732. The summed E-state index contributed by atoms with van der Waals surface area (Å²) in [6, 6.07) is -0.668. The summed E-state index contributed by atoms with van der Waals surface area (Å²) >= 11 is 0. The Bertz CT molecular complexity index is 422. The third kappa shape index (κ3) is 6.01. The number of nitrogens with one attached hydrogen (secondary N) is 2. The van der Waals surface area contributed by atoms with Gasteiger partial charge in [-0.05, 0) is 24.7 Å². The van der Waals surface area contributed by atoms with Crippen LogP contribution in [0.1, 0.15) is 40.5 Å². The number of rotatable bonds is 9. The number of hydrogen-bond donors (Lipinski definition) is 3. The van der Waals surface area contributed by atoms with Gasteiger partial charge in [0.2, 0.25) is 5.91 Å². The van der Waals surface area contributed by atoms with Crippen LogP contribution >= 0.6 is 0 Å². The molecule has 1 saturated heterocycles. The van der Waals surface area contributed by atoms with E-state index in [-0.39, 0.29) is 11.8 Å². The summed E-state index contributed by atoms with van der Waals surface area (Å²) in [4.78, 5) is 34.8. The van der Waals surface area contributed by atoms with Crippen molar-refractivity contribution in [3.8, 4) is 0 Å². The third-order valence-electron chi connectivity index (χ3n) is 3.35. The molecule has 0 radical (unpaired) electrons. The number of amides is 2. The van der Waals surface area contributed by atoms with E-state index in [4.69, 9.17) is 9.84 Å². The van der Waals surface area contributed by atoms with Crippen LogP contribution in [0.2, 0.25) is 0 Å². The van der Waals surface area contributed by atoms with Crippen molar-refractivity contribution in [3.05, 3.63) is 0 Å². The number of aliphatic carboxylic acids is 1. The Balaban J connectivity index is 2.51. The molecule has 0 unspecified atom stereocenters. The Morgan fingerprint density at radius 1 is 1.09 bits per heavy atom. The Labute approximate surface area is 130 Å². The number of epoxide rings is 1. The molecule has 1 fully saturated rings. The number of hydrogen-bond acceptors (Lipinski definition) is 4. The van der Waals surface area contributed by atoms with Crippen molar-refractivity contribution in [2.24, 2.45) is 11.8 Å². The summed E-state index contributed by atoms with van der Waals surface area (Å²) in [6.45, 7) is 8.59. The molecule has 0 aromatic rings. The van der Waals surface area contributed by atoms with Crippen LogP contribution < -0.4 is 10.6 Å².